The van der Waals surface area contributed by atoms with E-state index < -0.39 is 31.2 Å². The lowest BCUT2D eigenvalue weighted by Gasteiger charge is -2.48. The van der Waals surface area contributed by atoms with Crippen molar-refractivity contribution in [3.05, 3.63) is 35.1 Å². The highest BCUT2D eigenvalue weighted by Gasteiger charge is 2.58. The Labute approximate surface area is 142 Å². The molecule has 1 heterocycles. The number of methoxy groups -OCH3 is 1. The summed E-state index contributed by atoms with van der Waals surface area (Å²) >= 11 is 0. The van der Waals surface area contributed by atoms with Crippen molar-refractivity contribution in [3.63, 3.8) is 0 Å². The van der Waals surface area contributed by atoms with Crippen LogP contribution in [0.2, 0.25) is 6.04 Å². The van der Waals surface area contributed by atoms with Crippen LogP contribution in [0.15, 0.2) is 12.1 Å². The average Bonchev–Trinajstić information content (AvgIpc) is 2.59. The zero-order chi connectivity index (χ0) is 17.8. The zero-order valence-corrected chi connectivity index (χ0v) is 15.5. The van der Waals surface area contributed by atoms with E-state index in [1.54, 1.807) is 21.3 Å². The number of aryl methyl sites for hydroxylation is 1. The van der Waals surface area contributed by atoms with Crippen molar-refractivity contribution in [2.45, 2.75) is 49.8 Å². The predicted octanol–water partition coefficient (Wildman–Crippen LogP) is 4.27. The van der Waals surface area contributed by atoms with Crippen molar-refractivity contribution in [1.82, 2.24) is 0 Å². The van der Waals surface area contributed by atoms with Gasteiger partial charge in [0.05, 0.1) is 0 Å². The maximum absolute atomic E-state index is 13.8. The molecular formula is C17H25F3O3Si. The van der Waals surface area contributed by atoms with E-state index in [-0.39, 0.29) is 5.56 Å². The number of benzene rings is 1. The topological polar surface area (TPSA) is 27.7 Å². The highest BCUT2D eigenvalue weighted by Crippen LogP contribution is 2.43. The highest BCUT2D eigenvalue weighted by molar-refractivity contribution is 6.70. The first-order valence-corrected chi connectivity index (χ1v) is 10.2. The lowest BCUT2D eigenvalue weighted by atomic mass is 10.0. The van der Waals surface area contributed by atoms with Crippen LogP contribution in [0.4, 0.5) is 13.2 Å². The van der Waals surface area contributed by atoms with Gasteiger partial charge in [0, 0.05) is 27.4 Å². The second-order valence-corrected chi connectivity index (χ2v) is 10.0. The Balaban J connectivity index is 2.12. The van der Waals surface area contributed by atoms with Crippen LogP contribution in [0.25, 0.3) is 0 Å². The number of hydrogen-bond acceptors (Lipinski definition) is 3. The van der Waals surface area contributed by atoms with Crippen molar-refractivity contribution in [2.24, 2.45) is 0 Å². The summed E-state index contributed by atoms with van der Waals surface area (Å²) in [5, 5.41) is -0.496. The van der Waals surface area contributed by atoms with Crippen LogP contribution >= 0.6 is 0 Å². The molecule has 1 fully saturated rings. The van der Waals surface area contributed by atoms with Crippen LogP contribution in [-0.2, 0) is 20.0 Å². The fraction of sp³-hybridized carbons (Fsp3) is 0.647. The molecule has 0 aromatic heterocycles. The number of ether oxygens (including phenoxy) is 1. The Morgan fingerprint density at radius 2 is 1.67 bits per heavy atom. The molecule has 136 valence electrons. The van der Waals surface area contributed by atoms with E-state index in [0.717, 1.165) is 31.4 Å². The van der Waals surface area contributed by atoms with Gasteiger partial charge in [0.2, 0.25) is 0 Å². The van der Waals surface area contributed by atoms with E-state index >= 15 is 0 Å². The molecule has 1 aliphatic heterocycles. The SMILES string of the molecule is COC1(CCCc2cc(F)c(F)cc2F)CCCC[Si]1(OC)OC. The smallest absolute Gasteiger partial charge is 0.370 e. The molecule has 1 aromatic carbocycles. The molecular weight excluding hydrogens is 337 g/mol. The molecule has 1 atom stereocenters. The normalized spacial score (nSPS) is 23.4. The van der Waals surface area contributed by atoms with Crippen LogP contribution in [0.5, 0.6) is 0 Å². The fourth-order valence-corrected chi connectivity index (χ4v) is 7.76. The third kappa shape index (κ3) is 3.54. The van der Waals surface area contributed by atoms with Crippen molar-refractivity contribution in [3.8, 4) is 0 Å². The molecule has 7 heteroatoms. The number of rotatable bonds is 7. The lowest BCUT2D eigenvalue weighted by molar-refractivity contribution is -0.0157. The maximum Gasteiger partial charge on any atom is 0.370 e. The predicted molar refractivity (Wildman–Crippen MR) is 87.4 cm³/mol. The van der Waals surface area contributed by atoms with Gasteiger partial charge in [0.15, 0.2) is 11.6 Å². The van der Waals surface area contributed by atoms with E-state index in [1.165, 1.54) is 0 Å². The third-order valence-electron chi connectivity index (χ3n) is 5.20. The Morgan fingerprint density at radius 3 is 2.29 bits per heavy atom. The Morgan fingerprint density at radius 1 is 1.00 bits per heavy atom. The molecule has 1 aromatic rings. The van der Waals surface area contributed by atoms with Crippen LogP contribution in [0.1, 0.15) is 37.7 Å². The van der Waals surface area contributed by atoms with Crippen LogP contribution in [0.3, 0.4) is 0 Å². The minimum absolute atomic E-state index is 0.179. The summed E-state index contributed by atoms with van der Waals surface area (Å²) in [7, 11) is 2.44. The Kier molecular flexibility index (Phi) is 6.47. The molecule has 1 saturated heterocycles. The molecule has 0 amide bonds. The number of halogens is 3. The van der Waals surface area contributed by atoms with Gasteiger partial charge in [-0.05, 0) is 43.4 Å². The molecule has 1 unspecified atom stereocenters. The van der Waals surface area contributed by atoms with Gasteiger partial charge in [-0.1, -0.05) is 12.8 Å². The summed E-state index contributed by atoms with van der Waals surface area (Å²) < 4.78 is 57.6. The first-order chi connectivity index (χ1) is 11.4. The van der Waals surface area contributed by atoms with Gasteiger partial charge in [0.25, 0.3) is 0 Å². The summed E-state index contributed by atoms with van der Waals surface area (Å²) in [6.45, 7) is 0. The van der Waals surface area contributed by atoms with Crippen molar-refractivity contribution < 1.29 is 26.8 Å². The molecule has 2 rings (SSSR count). The second-order valence-electron chi connectivity index (χ2n) is 6.28. The minimum Gasteiger partial charge on any atom is -0.396 e. The quantitative estimate of drug-likeness (QED) is 0.535. The Bertz CT molecular complexity index is 566. The minimum atomic E-state index is -2.53. The van der Waals surface area contributed by atoms with Gasteiger partial charge >= 0.3 is 8.56 Å². The molecule has 0 bridgehead atoms. The maximum atomic E-state index is 13.8. The highest BCUT2D eigenvalue weighted by atomic mass is 28.4. The van der Waals surface area contributed by atoms with Gasteiger partial charge < -0.3 is 13.6 Å². The van der Waals surface area contributed by atoms with Gasteiger partial charge in [-0.25, -0.2) is 13.2 Å². The average molecular weight is 362 g/mol. The Hall–Kier alpha value is -0.893. The van der Waals surface area contributed by atoms with Crippen LogP contribution in [0, 0.1) is 17.5 Å². The molecule has 0 aliphatic carbocycles. The van der Waals surface area contributed by atoms with E-state index in [2.05, 4.69) is 0 Å². The molecule has 0 spiro atoms. The summed E-state index contributed by atoms with van der Waals surface area (Å²) in [6.07, 6.45) is 4.42. The van der Waals surface area contributed by atoms with Gasteiger partial charge in [-0.3, -0.25) is 0 Å². The summed E-state index contributed by atoms with van der Waals surface area (Å²) in [6, 6.07) is 2.39. The monoisotopic (exact) mass is 362 g/mol. The second kappa shape index (κ2) is 7.99. The van der Waals surface area contributed by atoms with Crippen molar-refractivity contribution >= 4 is 8.56 Å². The van der Waals surface area contributed by atoms with Crippen molar-refractivity contribution in [1.29, 1.82) is 0 Å². The lowest BCUT2D eigenvalue weighted by Crippen LogP contribution is -2.64. The molecule has 0 N–H and O–H groups in total. The fourth-order valence-electron chi connectivity index (χ4n) is 3.84. The standard InChI is InChI=1S/C17H25F3O3Si/c1-21-17(8-4-5-10-24(17,22-2)23-3)9-6-7-13-11-15(19)16(20)12-14(13)18/h11-12H,4-10H2,1-3H3. The van der Waals surface area contributed by atoms with Gasteiger partial charge in [-0.15, -0.1) is 0 Å². The first kappa shape index (κ1) is 19.4. The van der Waals surface area contributed by atoms with E-state index in [1.807, 2.05) is 0 Å². The summed E-state index contributed by atoms with van der Waals surface area (Å²) in [5.74, 6) is -2.91. The van der Waals surface area contributed by atoms with Gasteiger partial charge in [0.1, 0.15) is 11.0 Å². The molecule has 1 aliphatic rings. The van der Waals surface area contributed by atoms with Crippen LogP contribution < -0.4 is 0 Å². The van der Waals surface area contributed by atoms with Crippen LogP contribution in [-0.4, -0.2) is 35.1 Å². The third-order valence-corrected chi connectivity index (χ3v) is 9.62. The van der Waals surface area contributed by atoms with Gasteiger partial charge in [-0.2, -0.15) is 0 Å². The van der Waals surface area contributed by atoms with E-state index in [9.17, 15) is 13.2 Å². The first-order valence-electron chi connectivity index (χ1n) is 8.22. The molecule has 0 radical (unpaired) electrons. The molecule has 3 nitrogen and oxygen atoms in total. The van der Waals surface area contributed by atoms with Crippen molar-refractivity contribution in [2.75, 3.05) is 21.3 Å². The van der Waals surface area contributed by atoms with E-state index in [0.29, 0.717) is 25.3 Å². The summed E-state index contributed by atoms with van der Waals surface area (Å²) in [4.78, 5) is 0. The largest absolute Gasteiger partial charge is 0.396 e. The zero-order valence-electron chi connectivity index (χ0n) is 14.5. The number of hydrogen-bond donors (Lipinski definition) is 0. The molecule has 0 saturated carbocycles. The van der Waals surface area contributed by atoms with E-state index in [4.69, 9.17) is 13.6 Å². The summed E-state index contributed by atoms with van der Waals surface area (Å²) in [5.41, 5.74) is 0.179. The molecule has 24 heavy (non-hydrogen) atoms.